The highest BCUT2D eigenvalue weighted by molar-refractivity contribution is 7.99. The number of hydrogen-bond donors (Lipinski definition) is 3. The summed E-state index contributed by atoms with van der Waals surface area (Å²) in [5.41, 5.74) is 8.85. The largest absolute Gasteiger partial charge is 0.398 e. The van der Waals surface area contributed by atoms with Crippen LogP contribution in [0.15, 0.2) is 34.7 Å². The van der Waals surface area contributed by atoms with E-state index in [4.69, 9.17) is 10.7 Å². The quantitative estimate of drug-likeness (QED) is 0.399. The van der Waals surface area contributed by atoms with Gasteiger partial charge in [0.05, 0.1) is 14.6 Å². The lowest BCUT2D eigenvalue weighted by Crippen LogP contribution is -2.32. The Morgan fingerprint density at radius 3 is 2.81 bits per heavy atom. The number of H-pyrrole nitrogens is 1. The van der Waals surface area contributed by atoms with Crippen LogP contribution in [-0.2, 0) is 0 Å². The van der Waals surface area contributed by atoms with Crippen molar-refractivity contribution in [2.45, 2.75) is 56.2 Å². The number of anilines is 2. The first-order chi connectivity index (χ1) is 14.7. The molecular weight excluding hydrogens is 426 g/mol. The third kappa shape index (κ3) is 5.11. The molecule has 0 aromatic carbocycles. The number of aromatic nitrogens is 4. The van der Waals surface area contributed by atoms with E-state index in [1.807, 2.05) is 13.0 Å². The number of aromatic amines is 1. The third-order valence-corrected chi connectivity index (χ3v) is 7.73. The summed E-state index contributed by atoms with van der Waals surface area (Å²) in [6, 6.07) is 6.24. The topological polar surface area (TPSA) is 95.7 Å². The average molecular weight is 456 g/mol. The van der Waals surface area contributed by atoms with Gasteiger partial charge in [-0.1, -0.05) is 6.08 Å². The molecule has 0 atom stereocenters. The molecule has 4 rings (SSSR count). The lowest BCUT2D eigenvalue weighted by atomic mass is 10.1. The summed E-state index contributed by atoms with van der Waals surface area (Å²) >= 11 is 3.42. The lowest BCUT2D eigenvalue weighted by Gasteiger charge is -2.29. The molecule has 1 aliphatic rings. The molecule has 3 aromatic rings. The van der Waals surface area contributed by atoms with Crippen molar-refractivity contribution in [1.29, 1.82) is 0 Å². The van der Waals surface area contributed by atoms with E-state index in [9.17, 15) is 0 Å². The Labute approximate surface area is 191 Å². The van der Waals surface area contributed by atoms with Crippen LogP contribution in [0.3, 0.4) is 0 Å². The molecule has 31 heavy (non-hydrogen) atoms. The van der Waals surface area contributed by atoms with Crippen LogP contribution in [0.5, 0.6) is 0 Å². The van der Waals surface area contributed by atoms with Crippen LogP contribution in [0.1, 0.15) is 57.7 Å². The molecule has 0 saturated heterocycles. The van der Waals surface area contributed by atoms with Crippen molar-refractivity contribution in [1.82, 2.24) is 24.5 Å². The van der Waals surface area contributed by atoms with E-state index in [0.717, 1.165) is 16.3 Å². The first kappa shape index (κ1) is 21.9. The molecular formula is C22H29N7S2. The van der Waals surface area contributed by atoms with Crippen molar-refractivity contribution in [3.05, 3.63) is 41.7 Å². The van der Waals surface area contributed by atoms with Gasteiger partial charge in [-0.25, -0.2) is 14.3 Å². The summed E-state index contributed by atoms with van der Waals surface area (Å²) in [4.78, 5) is 10.4. The van der Waals surface area contributed by atoms with Crippen LogP contribution in [0.2, 0.25) is 0 Å². The Morgan fingerprint density at radius 2 is 2.13 bits per heavy atom. The Hall–Kier alpha value is -2.36. The molecule has 0 bridgehead atoms. The first-order valence-electron chi connectivity index (χ1n) is 10.4. The zero-order valence-electron chi connectivity index (χ0n) is 18.6. The molecule has 3 aromatic heterocycles. The first-order valence-corrected chi connectivity index (χ1v) is 12.0. The van der Waals surface area contributed by atoms with Crippen LogP contribution < -0.4 is 11.1 Å². The average Bonchev–Trinajstić information content (AvgIpc) is 3.30. The van der Waals surface area contributed by atoms with E-state index < -0.39 is 0 Å². The predicted octanol–water partition coefficient (Wildman–Crippen LogP) is 5.61. The Bertz CT molecular complexity index is 1090. The van der Waals surface area contributed by atoms with Gasteiger partial charge in [0.15, 0.2) is 11.6 Å². The molecule has 0 aliphatic heterocycles. The normalized spacial score (nSPS) is 15.0. The van der Waals surface area contributed by atoms with Crippen molar-refractivity contribution >= 4 is 40.6 Å². The summed E-state index contributed by atoms with van der Waals surface area (Å²) < 4.78 is 3.45. The second kappa shape index (κ2) is 8.64. The van der Waals surface area contributed by atoms with Crippen LogP contribution in [0.25, 0.3) is 16.4 Å². The molecule has 1 fully saturated rings. The maximum Gasteiger partial charge on any atom is 0.171 e. The van der Waals surface area contributed by atoms with Crippen molar-refractivity contribution in [3.8, 4) is 10.7 Å². The minimum atomic E-state index is 0.0803. The SMILES string of the molecule is C/C=C(\N)c1cnc(-c2ccc(SN(C)C(C)(C)C)s2)nc1Nc1cc(C2CC2)[nH]n1. The molecule has 3 heterocycles. The van der Waals surface area contributed by atoms with Crippen molar-refractivity contribution in [3.63, 3.8) is 0 Å². The number of rotatable bonds is 7. The van der Waals surface area contributed by atoms with E-state index >= 15 is 0 Å². The summed E-state index contributed by atoms with van der Waals surface area (Å²) in [6.07, 6.45) is 6.08. The second-order valence-corrected chi connectivity index (χ2v) is 11.2. The van der Waals surface area contributed by atoms with Crippen LogP contribution in [-0.4, -0.2) is 37.1 Å². The monoisotopic (exact) mass is 455 g/mol. The summed E-state index contributed by atoms with van der Waals surface area (Å²) in [7, 11) is 2.11. The number of thiophene rings is 1. The number of hydrogen-bond acceptors (Lipinski definition) is 8. The second-order valence-electron chi connectivity index (χ2n) is 8.69. The van der Waals surface area contributed by atoms with E-state index in [0.29, 0.717) is 23.3 Å². The van der Waals surface area contributed by atoms with Gasteiger partial charge in [-0.05, 0) is 71.7 Å². The van der Waals surface area contributed by atoms with Crippen LogP contribution in [0, 0.1) is 0 Å². The standard InChI is InChI=1S/C22H29N7S2/c1-6-15(23)14-12-24-21(17-9-10-19(30-17)31-29(5)22(2,3)4)26-20(14)25-18-11-16(27-28-18)13-7-8-13/h6,9-13H,7-8,23H2,1-5H3,(H2,24,25,26,27,28)/b15-6-. The van der Waals surface area contributed by atoms with Crippen LogP contribution >= 0.6 is 23.3 Å². The zero-order valence-corrected chi connectivity index (χ0v) is 20.2. The fourth-order valence-electron chi connectivity index (χ4n) is 2.85. The zero-order chi connectivity index (χ0) is 22.2. The molecule has 1 aliphatic carbocycles. The molecule has 164 valence electrons. The molecule has 0 spiro atoms. The van der Waals surface area contributed by atoms with Crippen molar-refractivity contribution in [2.75, 3.05) is 12.4 Å². The minimum absolute atomic E-state index is 0.0803. The molecule has 1 saturated carbocycles. The van der Waals surface area contributed by atoms with Gasteiger partial charge < -0.3 is 11.1 Å². The fourth-order valence-corrected chi connectivity index (χ4v) is 4.95. The maximum absolute atomic E-state index is 6.21. The van der Waals surface area contributed by atoms with Gasteiger partial charge in [0.25, 0.3) is 0 Å². The number of nitrogens with zero attached hydrogens (tertiary/aromatic N) is 4. The van der Waals surface area contributed by atoms with Gasteiger partial charge in [-0.15, -0.1) is 11.3 Å². The van der Waals surface area contributed by atoms with Crippen LogP contribution in [0.4, 0.5) is 11.6 Å². The van der Waals surface area contributed by atoms with Crippen molar-refractivity contribution in [2.24, 2.45) is 5.73 Å². The molecule has 4 N–H and O–H groups in total. The van der Waals surface area contributed by atoms with Gasteiger partial charge in [0.1, 0.15) is 5.82 Å². The van der Waals surface area contributed by atoms with E-state index in [1.165, 1.54) is 22.7 Å². The maximum atomic E-state index is 6.21. The number of nitrogens with one attached hydrogen (secondary N) is 2. The van der Waals surface area contributed by atoms with Gasteiger partial charge in [-0.2, -0.15) is 5.10 Å². The molecule has 9 heteroatoms. The van der Waals surface area contributed by atoms with Gasteiger partial charge >= 0.3 is 0 Å². The highest BCUT2D eigenvalue weighted by atomic mass is 32.2. The fraction of sp³-hybridized carbons (Fsp3) is 0.409. The van der Waals surface area contributed by atoms with E-state index in [-0.39, 0.29) is 5.54 Å². The summed E-state index contributed by atoms with van der Waals surface area (Å²) in [5.74, 6) is 2.68. The smallest absolute Gasteiger partial charge is 0.171 e. The van der Waals surface area contributed by atoms with Gasteiger partial charge in [0.2, 0.25) is 0 Å². The molecule has 7 nitrogen and oxygen atoms in total. The Kier molecular flexibility index (Phi) is 6.09. The Balaban J connectivity index is 1.61. The number of nitrogens with two attached hydrogens (primary N) is 1. The minimum Gasteiger partial charge on any atom is -0.398 e. The molecule has 0 amide bonds. The summed E-state index contributed by atoms with van der Waals surface area (Å²) in [6.45, 7) is 8.50. The number of allylic oxidation sites excluding steroid dienone is 1. The highest BCUT2D eigenvalue weighted by Crippen LogP contribution is 2.40. The predicted molar refractivity (Wildman–Crippen MR) is 130 cm³/mol. The highest BCUT2D eigenvalue weighted by Gasteiger charge is 2.26. The van der Waals surface area contributed by atoms with Gasteiger partial charge in [0, 0.05) is 35.1 Å². The van der Waals surface area contributed by atoms with E-state index in [2.05, 4.69) is 70.8 Å². The van der Waals surface area contributed by atoms with Gasteiger partial charge in [-0.3, -0.25) is 5.10 Å². The summed E-state index contributed by atoms with van der Waals surface area (Å²) in [5, 5.41) is 10.9. The molecule has 0 unspecified atom stereocenters. The Morgan fingerprint density at radius 1 is 1.35 bits per heavy atom. The third-order valence-electron chi connectivity index (χ3n) is 5.25. The van der Waals surface area contributed by atoms with E-state index in [1.54, 1.807) is 29.5 Å². The van der Waals surface area contributed by atoms with Crippen molar-refractivity contribution < 1.29 is 0 Å². The molecule has 0 radical (unpaired) electrons. The lowest BCUT2D eigenvalue weighted by molar-refractivity contribution is 0.320.